The van der Waals surface area contributed by atoms with Gasteiger partial charge >= 0.3 is 0 Å². The minimum atomic E-state index is -0.0272. The molecule has 88 valence electrons. The number of hydrogen-bond donors (Lipinski definition) is 2. The fraction of sp³-hybridized carbons (Fsp3) is 0.385. The molecule has 0 saturated heterocycles. The smallest absolute Gasteiger partial charge is 0.227 e. The monoisotopic (exact) mass is 229 g/mol. The van der Waals surface area contributed by atoms with Crippen LogP contribution in [0.15, 0.2) is 24.3 Å². The summed E-state index contributed by atoms with van der Waals surface area (Å²) in [5.74, 6) is -0.0441. The zero-order valence-electron chi connectivity index (χ0n) is 9.52. The molecule has 0 spiro atoms. The number of carbonyl (C=O) groups is 1. The molecule has 0 bridgehead atoms. The minimum absolute atomic E-state index is 0.0169. The quantitative estimate of drug-likeness (QED) is 0.808. The molecule has 4 heteroatoms. The zero-order valence-corrected chi connectivity index (χ0v) is 9.52. The van der Waals surface area contributed by atoms with E-state index in [9.17, 15) is 4.79 Å². The first-order valence-electron chi connectivity index (χ1n) is 5.76. The molecule has 1 aliphatic carbocycles. The lowest BCUT2D eigenvalue weighted by atomic mass is 10.1. The molecule has 1 amide bonds. The number of nitriles is 1. The third kappa shape index (κ3) is 2.63. The molecular weight excluding hydrogens is 214 g/mol. The van der Waals surface area contributed by atoms with E-state index >= 15 is 0 Å². The summed E-state index contributed by atoms with van der Waals surface area (Å²) in [7, 11) is 0. The second kappa shape index (κ2) is 4.98. The van der Waals surface area contributed by atoms with E-state index < -0.39 is 0 Å². The first-order valence-corrected chi connectivity index (χ1v) is 5.76. The lowest BCUT2D eigenvalue weighted by Crippen LogP contribution is -2.23. The molecule has 1 aromatic carbocycles. The number of benzene rings is 1. The fourth-order valence-electron chi connectivity index (χ4n) is 2.18. The predicted octanol–water partition coefficient (Wildman–Crippen LogP) is 1.62. The van der Waals surface area contributed by atoms with Crippen LogP contribution in [-0.2, 0) is 4.79 Å². The number of amides is 1. The summed E-state index contributed by atoms with van der Waals surface area (Å²) in [6.07, 6.45) is 2.47. The highest BCUT2D eigenvalue weighted by molar-refractivity contribution is 5.94. The number of nitrogens with two attached hydrogens (primary N) is 1. The second-order valence-corrected chi connectivity index (χ2v) is 4.42. The van der Waals surface area contributed by atoms with Crippen LogP contribution < -0.4 is 11.1 Å². The van der Waals surface area contributed by atoms with Crippen LogP contribution in [-0.4, -0.2) is 11.9 Å². The number of para-hydroxylation sites is 1. The van der Waals surface area contributed by atoms with Gasteiger partial charge in [0.25, 0.3) is 0 Å². The highest BCUT2D eigenvalue weighted by atomic mass is 16.1. The second-order valence-electron chi connectivity index (χ2n) is 4.42. The third-order valence-electron chi connectivity index (χ3n) is 3.15. The molecule has 2 rings (SSSR count). The molecule has 3 N–H and O–H groups in total. The Hall–Kier alpha value is -1.86. The third-order valence-corrected chi connectivity index (χ3v) is 3.15. The van der Waals surface area contributed by atoms with E-state index in [0.717, 1.165) is 19.3 Å². The van der Waals surface area contributed by atoms with Crippen LogP contribution >= 0.6 is 0 Å². The van der Waals surface area contributed by atoms with Gasteiger partial charge in [-0.25, -0.2) is 0 Å². The number of hydrogen-bond acceptors (Lipinski definition) is 3. The zero-order chi connectivity index (χ0) is 12.3. The van der Waals surface area contributed by atoms with Gasteiger partial charge in [-0.1, -0.05) is 12.1 Å². The van der Waals surface area contributed by atoms with Crippen LogP contribution in [0.2, 0.25) is 0 Å². The summed E-state index contributed by atoms with van der Waals surface area (Å²) in [5.41, 5.74) is 6.85. The van der Waals surface area contributed by atoms with Gasteiger partial charge in [0.15, 0.2) is 0 Å². The van der Waals surface area contributed by atoms with Gasteiger partial charge < -0.3 is 11.1 Å². The molecule has 1 saturated carbocycles. The average Bonchev–Trinajstić information content (AvgIpc) is 2.77. The molecule has 0 aliphatic heterocycles. The summed E-state index contributed by atoms with van der Waals surface area (Å²) in [6.45, 7) is 0. The van der Waals surface area contributed by atoms with Crippen molar-refractivity contribution in [2.24, 2.45) is 11.7 Å². The summed E-state index contributed by atoms with van der Waals surface area (Å²) >= 11 is 0. The maximum Gasteiger partial charge on any atom is 0.227 e. The maximum atomic E-state index is 12.0. The van der Waals surface area contributed by atoms with Gasteiger partial charge in [-0.2, -0.15) is 5.26 Å². The van der Waals surface area contributed by atoms with Crippen molar-refractivity contribution < 1.29 is 4.79 Å². The first-order chi connectivity index (χ1) is 8.20. The molecule has 0 aromatic heterocycles. The van der Waals surface area contributed by atoms with E-state index in [2.05, 4.69) is 11.4 Å². The fourth-order valence-corrected chi connectivity index (χ4v) is 2.18. The van der Waals surface area contributed by atoms with Crippen molar-refractivity contribution >= 4 is 11.6 Å². The van der Waals surface area contributed by atoms with Crippen LogP contribution in [0, 0.1) is 17.2 Å². The predicted molar refractivity (Wildman–Crippen MR) is 65.1 cm³/mol. The van der Waals surface area contributed by atoms with Gasteiger partial charge in [-0.15, -0.1) is 0 Å². The lowest BCUT2D eigenvalue weighted by molar-refractivity contribution is -0.119. The Morgan fingerprint density at radius 3 is 2.82 bits per heavy atom. The van der Waals surface area contributed by atoms with E-state index in [1.807, 2.05) is 0 Å². The largest absolute Gasteiger partial charge is 0.328 e. The number of nitrogens with zero attached hydrogens (tertiary/aromatic N) is 1. The van der Waals surface area contributed by atoms with Gasteiger partial charge in [0, 0.05) is 12.0 Å². The van der Waals surface area contributed by atoms with Crippen molar-refractivity contribution in [3.05, 3.63) is 29.8 Å². The standard InChI is InChI=1S/C13H15N3O/c14-8-10-3-1-2-4-12(10)16-13(17)9-5-6-11(15)7-9/h1-4,9,11H,5-7,15H2,(H,16,17). The van der Waals surface area contributed by atoms with Crippen molar-refractivity contribution in [2.75, 3.05) is 5.32 Å². The van der Waals surface area contributed by atoms with E-state index in [1.165, 1.54) is 0 Å². The van der Waals surface area contributed by atoms with E-state index in [0.29, 0.717) is 11.3 Å². The topological polar surface area (TPSA) is 78.9 Å². The van der Waals surface area contributed by atoms with Crippen molar-refractivity contribution in [2.45, 2.75) is 25.3 Å². The molecule has 0 radical (unpaired) electrons. The summed E-state index contributed by atoms with van der Waals surface area (Å²) in [6, 6.07) is 9.21. The van der Waals surface area contributed by atoms with Crippen LogP contribution in [0.4, 0.5) is 5.69 Å². The SMILES string of the molecule is N#Cc1ccccc1NC(=O)C1CCC(N)C1. The molecule has 2 unspecified atom stereocenters. The van der Waals surface area contributed by atoms with Gasteiger partial charge in [0.05, 0.1) is 11.3 Å². The van der Waals surface area contributed by atoms with Crippen molar-refractivity contribution in [1.29, 1.82) is 5.26 Å². The van der Waals surface area contributed by atoms with E-state index in [4.69, 9.17) is 11.0 Å². The molecular formula is C13H15N3O. The summed E-state index contributed by atoms with van der Waals surface area (Å²) in [5, 5.41) is 11.7. The first kappa shape index (κ1) is 11.6. The van der Waals surface area contributed by atoms with E-state index in [-0.39, 0.29) is 17.9 Å². The molecule has 1 fully saturated rings. The number of nitrogens with one attached hydrogen (secondary N) is 1. The van der Waals surface area contributed by atoms with Crippen LogP contribution in [0.3, 0.4) is 0 Å². The van der Waals surface area contributed by atoms with Crippen molar-refractivity contribution in [3.8, 4) is 6.07 Å². The Morgan fingerprint density at radius 2 is 2.18 bits per heavy atom. The Kier molecular flexibility index (Phi) is 3.40. The molecule has 4 nitrogen and oxygen atoms in total. The normalized spacial score (nSPS) is 23.1. The maximum absolute atomic E-state index is 12.0. The van der Waals surface area contributed by atoms with Gasteiger partial charge in [-0.05, 0) is 31.4 Å². The van der Waals surface area contributed by atoms with Crippen LogP contribution in [0.25, 0.3) is 0 Å². The Labute approximate surface area is 100 Å². The average molecular weight is 229 g/mol. The summed E-state index contributed by atoms with van der Waals surface area (Å²) in [4.78, 5) is 12.0. The summed E-state index contributed by atoms with van der Waals surface area (Å²) < 4.78 is 0. The Balaban J connectivity index is 2.06. The van der Waals surface area contributed by atoms with Crippen LogP contribution in [0.5, 0.6) is 0 Å². The molecule has 17 heavy (non-hydrogen) atoms. The van der Waals surface area contributed by atoms with Gasteiger partial charge in [-0.3, -0.25) is 4.79 Å². The van der Waals surface area contributed by atoms with Crippen molar-refractivity contribution in [3.63, 3.8) is 0 Å². The lowest BCUT2D eigenvalue weighted by Gasteiger charge is -2.11. The van der Waals surface area contributed by atoms with Gasteiger partial charge in [0.1, 0.15) is 6.07 Å². The molecule has 0 heterocycles. The highest BCUT2D eigenvalue weighted by Crippen LogP contribution is 2.26. The molecule has 1 aromatic rings. The highest BCUT2D eigenvalue weighted by Gasteiger charge is 2.27. The number of anilines is 1. The molecule has 2 atom stereocenters. The number of carbonyl (C=O) groups excluding carboxylic acids is 1. The van der Waals surface area contributed by atoms with Gasteiger partial charge in [0.2, 0.25) is 5.91 Å². The Bertz CT molecular complexity index is 464. The van der Waals surface area contributed by atoms with Crippen LogP contribution in [0.1, 0.15) is 24.8 Å². The van der Waals surface area contributed by atoms with E-state index in [1.54, 1.807) is 24.3 Å². The van der Waals surface area contributed by atoms with Crippen molar-refractivity contribution in [1.82, 2.24) is 0 Å². The number of rotatable bonds is 2. The molecule has 1 aliphatic rings. The Morgan fingerprint density at radius 1 is 1.41 bits per heavy atom. The minimum Gasteiger partial charge on any atom is -0.328 e.